The number of thioether (sulfide) groups is 1. The molecule has 2 heteroatoms. The first-order valence-corrected chi connectivity index (χ1v) is 6.81. The van der Waals surface area contributed by atoms with Crippen molar-refractivity contribution in [1.29, 1.82) is 0 Å². The average Bonchev–Trinajstić information content (AvgIpc) is 2.30. The highest BCUT2D eigenvalue weighted by molar-refractivity contribution is 7.99. The second kappa shape index (κ2) is 5.04. The van der Waals surface area contributed by atoms with E-state index in [1.165, 1.54) is 29.1 Å². The summed E-state index contributed by atoms with van der Waals surface area (Å²) in [6.45, 7) is 3.04. The van der Waals surface area contributed by atoms with Gasteiger partial charge in [-0.2, -0.15) is 11.8 Å². The molecule has 0 spiro atoms. The summed E-state index contributed by atoms with van der Waals surface area (Å²) in [5.41, 5.74) is 8.81. The van der Waals surface area contributed by atoms with E-state index in [1.807, 2.05) is 0 Å². The molecule has 15 heavy (non-hydrogen) atoms. The van der Waals surface area contributed by atoms with E-state index >= 15 is 0 Å². The number of benzene rings is 1. The molecule has 0 bridgehead atoms. The van der Waals surface area contributed by atoms with Crippen molar-refractivity contribution in [3.63, 3.8) is 0 Å². The quantitative estimate of drug-likeness (QED) is 0.831. The summed E-state index contributed by atoms with van der Waals surface area (Å²) in [7, 11) is 0. The summed E-state index contributed by atoms with van der Waals surface area (Å²) in [5, 5.41) is 0. The average molecular weight is 221 g/mol. The molecule has 0 aromatic heterocycles. The van der Waals surface area contributed by atoms with E-state index in [-0.39, 0.29) is 0 Å². The van der Waals surface area contributed by atoms with Crippen LogP contribution in [0.1, 0.15) is 23.5 Å². The fourth-order valence-corrected chi connectivity index (χ4v) is 3.75. The van der Waals surface area contributed by atoms with Crippen LogP contribution in [0.2, 0.25) is 0 Å². The van der Waals surface area contributed by atoms with Gasteiger partial charge in [-0.3, -0.25) is 0 Å². The van der Waals surface area contributed by atoms with Crippen LogP contribution in [-0.4, -0.2) is 18.1 Å². The lowest BCUT2D eigenvalue weighted by Crippen LogP contribution is -2.28. The van der Waals surface area contributed by atoms with E-state index in [1.54, 1.807) is 0 Å². The molecule has 2 atom stereocenters. The van der Waals surface area contributed by atoms with E-state index in [0.29, 0.717) is 11.8 Å². The molecular weight excluding hydrogens is 202 g/mol. The molecule has 1 saturated heterocycles. The van der Waals surface area contributed by atoms with Gasteiger partial charge in [-0.25, -0.2) is 0 Å². The van der Waals surface area contributed by atoms with Gasteiger partial charge in [-0.1, -0.05) is 24.3 Å². The Bertz CT molecular complexity index is 324. The molecule has 2 unspecified atom stereocenters. The maximum absolute atomic E-state index is 5.87. The summed E-state index contributed by atoms with van der Waals surface area (Å²) in [4.78, 5) is 0. The van der Waals surface area contributed by atoms with Crippen LogP contribution in [0.5, 0.6) is 0 Å². The summed E-state index contributed by atoms with van der Waals surface area (Å²) in [6, 6.07) is 8.75. The lowest BCUT2D eigenvalue weighted by atomic mass is 9.83. The second-order valence-electron chi connectivity index (χ2n) is 4.32. The zero-order valence-electron chi connectivity index (χ0n) is 9.28. The molecule has 1 heterocycles. The molecule has 1 aliphatic rings. The molecule has 2 N–H and O–H groups in total. The van der Waals surface area contributed by atoms with Crippen molar-refractivity contribution >= 4 is 11.8 Å². The Labute approximate surface area is 96.4 Å². The monoisotopic (exact) mass is 221 g/mol. The summed E-state index contributed by atoms with van der Waals surface area (Å²) >= 11 is 2.07. The maximum Gasteiger partial charge on any atom is 0.000472 e. The van der Waals surface area contributed by atoms with Gasteiger partial charge in [0.25, 0.3) is 0 Å². The van der Waals surface area contributed by atoms with Crippen LogP contribution in [0.4, 0.5) is 0 Å². The van der Waals surface area contributed by atoms with Crippen LogP contribution in [0.3, 0.4) is 0 Å². The number of hydrogen-bond acceptors (Lipinski definition) is 2. The molecule has 2 rings (SSSR count). The Hall–Kier alpha value is -0.470. The Morgan fingerprint density at radius 3 is 2.93 bits per heavy atom. The Balaban J connectivity index is 2.24. The Morgan fingerprint density at radius 1 is 1.40 bits per heavy atom. The van der Waals surface area contributed by atoms with Crippen molar-refractivity contribution in [1.82, 2.24) is 0 Å². The number of aryl methyl sites for hydroxylation is 1. The molecule has 1 fully saturated rings. The zero-order valence-corrected chi connectivity index (χ0v) is 10.1. The summed E-state index contributed by atoms with van der Waals surface area (Å²) < 4.78 is 0. The minimum absolute atomic E-state index is 0.676. The molecule has 1 aliphatic heterocycles. The van der Waals surface area contributed by atoms with E-state index in [2.05, 4.69) is 43.0 Å². The summed E-state index contributed by atoms with van der Waals surface area (Å²) in [5.74, 6) is 3.89. The molecule has 82 valence electrons. The SMILES string of the molecule is Cc1ccccc1C1CSCCC1CN. The van der Waals surface area contributed by atoms with Gasteiger partial charge in [-0.05, 0) is 48.6 Å². The van der Waals surface area contributed by atoms with Gasteiger partial charge in [0.15, 0.2) is 0 Å². The Morgan fingerprint density at radius 2 is 2.20 bits per heavy atom. The molecule has 0 aliphatic carbocycles. The van der Waals surface area contributed by atoms with Crippen LogP contribution in [0.15, 0.2) is 24.3 Å². The maximum atomic E-state index is 5.87. The molecule has 1 aromatic rings. The second-order valence-corrected chi connectivity index (χ2v) is 5.47. The van der Waals surface area contributed by atoms with Crippen molar-refractivity contribution in [2.75, 3.05) is 18.1 Å². The van der Waals surface area contributed by atoms with Crippen LogP contribution in [0.25, 0.3) is 0 Å². The van der Waals surface area contributed by atoms with E-state index < -0.39 is 0 Å². The zero-order chi connectivity index (χ0) is 10.7. The molecular formula is C13H19NS. The van der Waals surface area contributed by atoms with Crippen molar-refractivity contribution in [2.45, 2.75) is 19.3 Å². The smallest absolute Gasteiger partial charge is 0.000472 e. The Kier molecular flexibility index (Phi) is 3.71. The molecule has 0 saturated carbocycles. The molecule has 1 nitrogen and oxygen atoms in total. The normalized spacial score (nSPS) is 26.5. The van der Waals surface area contributed by atoms with Crippen molar-refractivity contribution in [3.05, 3.63) is 35.4 Å². The van der Waals surface area contributed by atoms with Crippen molar-refractivity contribution in [2.24, 2.45) is 11.7 Å². The third-order valence-electron chi connectivity index (χ3n) is 3.39. The minimum atomic E-state index is 0.676. The highest BCUT2D eigenvalue weighted by Crippen LogP contribution is 2.36. The summed E-state index contributed by atoms with van der Waals surface area (Å²) in [6.07, 6.45) is 1.28. The highest BCUT2D eigenvalue weighted by Gasteiger charge is 2.26. The van der Waals surface area contributed by atoms with Crippen molar-refractivity contribution in [3.8, 4) is 0 Å². The van der Waals surface area contributed by atoms with Gasteiger partial charge in [0.2, 0.25) is 0 Å². The first-order chi connectivity index (χ1) is 7.33. The highest BCUT2D eigenvalue weighted by atomic mass is 32.2. The number of nitrogens with two attached hydrogens (primary N) is 1. The lowest BCUT2D eigenvalue weighted by molar-refractivity contribution is 0.439. The predicted octanol–water partition coefficient (Wildman–Crippen LogP) is 2.79. The van der Waals surface area contributed by atoms with Crippen LogP contribution in [-0.2, 0) is 0 Å². The van der Waals surface area contributed by atoms with E-state index in [0.717, 1.165) is 6.54 Å². The van der Waals surface area contributed by atoms with E-state index in [9.17, 15) is 0 Å². The lowest BCUT2D eigenvalue weighted by Gasteiger charge is -2.31. The fourth-order valence-electron chi connectivity index (χ4n) is 2.41. The largest absolute Gasteiger partial charge is 0.330 e. The van der Waals surface area contributed by atoms with Crippen LogP contribution < -0.4 is 5.73 Å². The van der Waals surface area contributed by atoms with E-state index in [4.69, 9.17) is 5.73 Å². The standard InChI is InChI=1S/C13H19NS/c1-10-4-2-3-5-12(10)13-9-15-7-6-11(13)8-14/h2-5,11,13H,6-9,14H2,1H3. The van der Waals surface area contributed by atoms with Gasteiger partial charge < -0.3 is 5.73 Å². The third-order valence-corrected chi connectivity index (χ3v) is 4.51. The number of hydrogen-bond donors (Lipinski definition) is 1. The van der Waals surface area contributed by atoms with Gasteiger partial charge in [0, 0.05) is 5.75 Å². The fraction of sp³-hybridized carbons (Fsp3) is 0.538. The van der Waals surface area contributed by atoms with Crippen LogP contribution >= 0.6 is 11.8 Å². The molecule has 1 aromatic carbocycles. The number of rotatable bonds is 2. The first-order valence-electron chi connectivity index (χ1n) is 5.66. The first kappa shape index (κ1) is 11.0. The van der Waals surface area contributed by atoms with Gasteiger partial charge in [-0.15, -0.1) is 0 Å². The van der Waals surface area contributed by atoms with Crippen LogP contribution in [0, 0.1) is 12.8 Å². The van der Waals surface area contributed by atoms with Crippen molar-refractivity contribution < 1.29 is 0 Å². The topological polar surface area (TPSA) is 26.0 Å². The molecule has 0 radical (unpaired) electrons. The molecule has 0 amide bonds. The third kappa shape index (κ3) is 2.37. The predicted molar refractivity (Wildman–Crippen MR) is 68.4 cm³/mol. The van der Waals surface area contributed by atoms with Gasteiger partial charge in [0.1, 0.15) is 0 Å². The van der Waals surface area contributed by atoms with Gasteiger partial charge in [0.05, 0.1) is 0 Å². The minimum Gasteiger partial charge on any atom is -0.330 e. The van der Waals surface area contributed by atoms with Gasteiger partial charge >= 0.3 is 0 Å².